The predicted molar refractivity (Wildman–Crippen MR) is 57.7 cm³/mol. The fraction of sp³-hybridized carbons (Fsp3) is 0.909. The van der Waals surface area contributed by atoms with Crippen LogP contribution in [0.3, 0.4) is 0 Å². The Hall–Kier alpha value is -0.443. The maximum Gasteiger partial charge on any atom is 0.000965 e. The molecule has 1 aliphatic carbocycles. The third-order valence-corrected chi connectivity index (χ3v) is 3.61. The molecule has 1 nitrogen and oxygen atoms in total. The Labute approximate surface area is 94.4 Å². The van der Waals surface area contributed by atoms with Gasteiger partial charge in [-0.2, -0.15) is 19.8 Å². The minimum atomic E-state index is 0. The quantitative estimate of drug-likeness (QED) is 0.416. The Morgan fingerprint density at radius 2 is 2.00 bits per heavy atom. The van der Waals surface area contributed by atoms with E-state index in [0.717, 1.165) is 0 Å². The molecule has 1 saturated heterocycles. The van der Waals surface area contributed by atoms with Crippen LogP contribution in [0.2, 0.25) is 0 Å². The van der Waals surface area contributed by atoms with Gasteiger partial charge in [0.1, 0.15) is 0 Å². The molecular formula is C11H20LiLrN-. The average Bonchev–Trinajstić information content (AvgIpc) is 2.32. The van der Waals surface area contributed by atoms with Crippen LogP contribution in [0, 0.1) is 11.3 Å². The van der Waals surface area contributed by atoms with E-state index in [1.165, 1.54) is 45.2 Å². The summed E-state index contributed by atoms with van der Waals surface area (Å²) in [6, 6.07) is 0. The van der Waals surface area contributed by atoms with Crippen LogP contribution in [-0.2, 0) is 0 Å². The summed E-state index contributed by atoms with van der Waals surface area (Å²) >= 11 is 0. The molecule has 0 aromatic rings. The summed E-state index contributed by atoms with van der Waals surface area (Å²) in [7, 11) is 2.27. The van der Waals surface area contributed by atoms with E-state index in [9.17, 15) is 0 Å². The Balaban J connectivity index is 0.000000845. The normalized spacial score (nSPS) is 33.9. The van der Waals surface area contributed by atoms with Gasteiger partial charge in [0.25, 0.3) is 0 Å². The van der Waals surface area contributed by atoms with Crippen LogP contribution in [0.1, 0.15) is 39.0 Å². The SMILES string of the molecule is C[C-]1CCC2(CCCN(C)C2)C1.[Li].[Lr]. The summed E-state index contributed by atoms with van der Waals surface area (Å²) in [5.74, 6) is 1.74. The van der Waals surface area contributed by atoms with Crippen molar-refractivity contribution < 1.29 is 0 Å². The monoisotopic (exact) mass is 435 g/mol. The standard InChI is InChI=1S/C11H20N.Li.Lr/c1-10-4-6-11(8-10)5-3-7-12(2)9-11;;/h3-9H2,1-2H3;;/q-1;;. The summed E-state index contributed by atoms with van der Waals surface area (Å²) < 4.78 is 0. The molecule has 0 amide bonds. The molecule has 3 heteroatoms. The first kappa shape index (κ1) is 13.6. The summed E-state index contributed by atoms with van der Waals surface area (Å²) in [5.41, 5.74) is 0.705. The summed E-state index contributed by atoms with van der Waals surface area (Å²) in [6.07, 6.45) is 7.17. The van der Waals surface area contributed by atoms with E-state index >= 15 is 0 Å². The molecule has 2 aliphatic rings. The van der Waals surface area contributed by atoms with Gasteiger partial charge in [0.05, 0.1) is 0 Å². The molecule has 14 heavy (non-hydrogen) atoms. The van der Waals surface area contributed by atoms with Gasteiger partial charge in [0.2, 0.25) is 0 Å². The molecule has 1 spiro atoms. The van der Waals surface area contributed by atoms with Crippen LogP contribution < -0.4 is 0 Å². The molecule has 86 valence electrons. The number of likely N-dealkylation sites (tertiary alicyclic amines) is 1. The minimum absolute atomic E-state index is 0. The van der Waals surface area contributed by atoms with Gasteiger partial charge in [0.15, 0.2) is 0 Å². The van der Waals surface area contributed by atoms with Gasteiger partial charge < -0.3 is 10.8 Å². The molecule has 1 saturated carbocycles. The van der Waals surface area contributed by atoms with Gasteiger partial charge in [-0.25, -0.2) is 0 Å². The third kappa shape index (κ3) is 2.53. The van der Waals surface area contributed by atoms with Crippen molar-refractivity contribution in [3.05, 3.63) is 5.92 Å². The second kappa shape index (κ2) is 4.87. The van der Waals surface area contributed by atoms with E-state index in [4.69, 9.17) is 0 Å². The first-order valence-electron chi connectivity index (χ1n) is 5.20. The molecule has 0 N–H and O–H groups in total. The van der Waals surface area contributed by atoms with Crippen molar-refractivity contribution in [2.45, 2.75) is 39.0 Å². The van der Waals surface area contributed by atoms with Crippen LogP contribution in [-0.4, -0.2) is 43.9 Å². The number of piperidine rings is 1. The number of rotatable bonds is 0. The maximum atomic E-state index is 2.52. The number of hydrogen-bond acceptors (Lipinski definition) is 1. The summed E-state index contributed by atoms with van der Waals surface area (Å²) in [5, 5.41) is 0. The van der Waals surface area contributed by atoms with Gasteiger partial charge in [-0.05, 0) is 31.8 Å². The van der Waals surface area contributed by atoms with Crippen molar-refractivity contribution in [2.75, 3.05) is 20.1 Å². The zero-order valence-corrected chi connectivity index (χ0v) is 11.8. The van der Waals surface area contributed by atoms with Crippen LogP contribution in [0.4, 0.5) is 0 Å². The molecule has 0 aromatic heterocycles. The Morgan fingerprint density at radius 1 is 1.29 bits per heavy atom. The van der Waals surface area contributed by atoms with E-state index in [2.05, 4.69) is 18.9 Å². The van der Waals surface area contributed by atoms with Crippen LogP contribution in [0.15, 0.2) is 0 Å². The van der Waals surface area contributed by atoms with Gasteiger partial charge in [0, 0.05) is 25.4 Å². The minimum Gasteiger partial charge on any atom is -0.316 e. The van der Waals surface area contributed by atoms with Crippen molar-refractivity contribution in [3.63, 3.8) is 0 Å². The summed E-state index contributed by atoms with van der Waals surface area (Å²) in [6.45, 7) is 5.01. The molecule has 2 rings (SSSR count). The van der Waals surface area contributed by atoms with E-state index in [0.29, 0.717) is 5.41 Å². The fourth-order valence-corrected chi connectivity index (χ4v) is 3.10. The molecule has 0 aromatic carbocycles. The average molecular weight is 435 g/mol. The third-order valence-electron chi connectivity index (χ3n) is 3.61. The Morgan fingerprint density at radius 3 is 2.50 bits per heavy atom. The van der Waals surface area contributed by atoms with Crippen LogP contribution >= 0.6 is 0 Å². The predicted octanol–water partition coefficient (Wildman–Crippen LogP) is 2.10. The van der Waals surface area contributed by atoms with Crippen LogP contribution in [0.25, 0.3) is 0 Å². The number of nitrogens with zero attached hydrogens (tertiary/aromatic N) is 1. The van der Waals surface area contributed by atoms with Crippen molar-refractivity contribution in [1.82, 2.24) is 4.90 Å². The molecule has 2 fully saturated rings. The second-order valence-electron chi connectivity index (χ2n) is 4.98. The smallest absolute Gasteiger partial charge is 0.000965 e. The van der Waals surface area contributed by atoms with Gasteiger partial charge >= 0.3 is 0 Å². The molecule has 1 unspecified atom stereocenters. The maximum absolute atomic E-state index is 2.52. The van der Waals surface area contributed by atoms with Gasteiger partial charge in [-0.3, -0.25) is 0 Å². The Kier molecular flexibility index (Phi) is 4.72. The van der Waals surface area contributed by atoms with Crippen LogP contribution in [0.5, 0.6) is 0 Å². The van der Waals surface area contributed by atoms with E-state index in [1.807, 2.05) is 0 Å². The first-order chi connectivity index (χ1) is 5.70. The van der Waals surface area contributed by atoms with Gasteiger partial charge in [-0.1, -0.05) is 6.42 Å². The topological polar surface area (TPSA) is 3.24 Å². The van der Waals surface area contributed by atoms with E-state index in [1.54, 1.807) is 5.92 Å². The molecular weight excluding hydrogens is 415 g/mol. The van der Waals surface area contributed by atoms with Crippen molar-refractivity contribution >= 4 is 18.9 Å². The van der Waals surface area contributed by atoms with E-state index in [-0.39, 0.29) is 18.9 Å². The number of hydrogen-bond donors (Lipinski definition) is 0. The van der Waals surface area contributed by atoms with E-state index < -0.39 is 0 Å². The fourth-order valence-electron chi connectivity index (χ4n) is 3.10. The molecule has 1 aliphatic heterocycles. The van der Waals surface area contributed by atoms with Crippen molar-refractivity contribution in [1.29, 1.82) is 0 Å². The largest absolute Gasteiger partial charge is 0.316 e. The first-order valence-corrected chi connectivity index (χ1v) is 5.20. The molecule has 2 radical (unpaired) electrons. The van der Waals surface area contributed by atoms with Crippen molar-refractivity contribution in [3.8, 4) is 0 Å². The van der Waals surface area contributed by atoms with Crippen molar-refractivity contribution in [2.24, 2.45) is 5.41 Å². The van der Waals surface area contributed by atoms with Gasteiger partial charge in [-0.15, -0.1) is 0 Å². The second-order valence-corrected chi connectivity index (χ2v) is 4.98. The molecule has 1 atom stereocenters. The summed E-state index contributed by atoms with van der Waals surface area (Å²) in [4.78, 5) is 2.52. The zero-order valence-electron chi connectivity index (χ0n) is 9.66. The zero-order chi connectivity index (χ0) is 8.60. The Bertz CT molecular complexity index is 173. The molecule has 1 heterocycles. The molecule has 0 bridgehead atoms.